The van der Waals surface area contributed by atoms with Gasteiger partial charge in [0.25, 0.3) is 5.91 Å². The van der Waals surface area contributed by atoms with E-state index in [-0.39, 0.29) is 17.7 Å². The molecule has 0 bridgehead atoms. The number of carbonyl (C=O) groups excluding carboxylic acids is 1. The van der Waals surface area contributed by atoms with E-state index in [1.54, 1.807) is 18.2 Å². The van der Waals surface area contributed by atoms with Crippen molar-refractivity contribution >= 4 is 27.7 Å². The van der Waals surface area contributed by atoms with Crippen LogP contribution in [0.2, 0.25) is 0 Å². The van der Waals surface area contributed by atoms with Gasteiger partial charge in [-0.15, -0.1) is 0 Å². The molecule has 6 aromatic rings. The normalized spacial score (nSPS) is 14.5. The van der Waals surface area contributed by atoms with E-state index in [0.717, 1.165) is 40.7 Å². The molecule has 3 heterocycles. The number of benzene rings is 4. The summed E-state index contributed by atoms with van der Waals surface area (Å²) in [5, 5.41) is 19.3. The third-order valence-electron chi connectivity index (χ3n) is 8.25. The van der Waals surface area contributed by atoms with E-state index >= 15 is 0 Å². The smallest absolute Gasteiger partial charge is 0.252 e. The topological polar surface area (TPSA) is 108 Å². The molecule has 0 radical (unpaired) electrons. The van der Waals surface area contributed by atoms with Gasteiger partial charge in [0.05, 0.1) is 6.04 Å². The highest BCUT2D eigenvalue weighted by molar-refractivity contribution is 6.01. The number of fused-ring (bicyclic) bond motifs is 3. The first kappa shape index (κ1) is 26.1. The lowest BCUT2D eigenvalue weighted by molar-refractivity contribution is 0.0960. The Bertz CT molecular complexity index is 1920. The summed E-state index contributed by atoms with van der Waals surface area (Å²) in [7, 11) is 0. The van der Waals surface area contributed by atoms with Crippen LogP contribution in [0.4, 0.5) is 0 Å². The Hall–Kier alpha value is -4.85. The number of phenolic OH excluding ortho intramolecular Hbond substituents is 1. The van der Waals surface area contributed by atoms with Gasteiger partial charge in [-0.25, -0.2) is 0 Å². The number of nitrogens with one attached hydrogen (secondary N) is 3. The molecule has 0 saturated heterocycles. The lowest BCUT2D eigenvalue weighted by Crippen LogP contribution is -2.22. The predicted octanol–water partition coefficient (Wildman–Crippen LogP) is 5.50. The highest BCUT2D eigenvalue weighted by Gasteiger charge is 2.33. The van der Waals surface area contributed by atoms with Crippen LogP contribution in [0.15, 0.2) is 97.2 Å². The number of para-hydroxylation sites is 1. The Morgan fingerprint density at radius 3 is 2.57 bits per heavy atom. The first-order chi connectivity index (χ1) is 20.6. The second kappa shape index (κ2) is 10.9. The number of hydrogen-bond donors (Lipinski definition) is 5. The van der Waals surface area contributed by atoms with Crippen LogP contribution in [-0.2, 0) is 26.1 Å². The van der Waals surface area contributed by atoms with Gasteiger partial charge < -0.3 is 31.0 Å². The van der Waals surface area contributed by atoms with Crippen LogP contribution < -0.4 is 16.4 Å². The number of carbonyl (C=O) groups is 1. The quantitative estimate of drug-likeness (QED) is 0.162. The SMILES string of the molecule is NCCc1cn(Cc2ccccc2)c2cc(CNCc3[nH]c4ccccc4c3C3NC(=O)c4ccc(O)cc43)ccc12. The predicted molar refractivity (Wildman–Crippen MR) is 166 cm³/mol. The third-order valence-corrected chi connectivity index (χ3v) is 8.25. The molecule has 7 heteroatoms. The zero-order valence-corrected chi connectivity index (χ0v) is 23.2. The molecule has 1 unspecified atom stereocenters. The number of phenols is 1. The van der Waals surface area contributed by atoms with Gasteiger partial charge in [0.15, 0.2) is 0 Å². The Kier molecular flexibility index (Phi) is 6.74. The van der Waals surface area contributed by atoms with Crippen molar-refractivity contribution in [3.8, 4) is 5.75 Å². The van der Waals surface area contributed by atoms with Crippen LogP contribution in [0.5, 0.6) is 5.75 Å². The number of aromatic hydroxyl groups is 1. The molecule has 7 nitrogen and oxygen atoms in total. The van der Waals surface area contributed by atoms with Gasteiger partial charge in [-0.2, -0.15) is 0 Å². The van der Waals surface area contributed by atoms with E-state index in [9.17, 15) is 9.90 Å². The lowest BCUT2D eigenvalue weighted by Gasteiger charge is -2.15. The Morgan fingerprint density at radius 2 is 1.71 bits per heavy atom. The van der Waals surface area contributed by atoms with E-state index in [4.69, 9.17) is 5.73 Å². The second-order valence-corrected chi connectivity index (χ2v) is 11.0. The molecule has 1 atom stereocenters. The Labute approximate surface area is 244 Å². The Morgan fingerprint density at radius 1 is 0.881 bits per heavy atom. The van der Waals surface area contributed by atoms with E-state index < -0.39 is 0 Å². The van der Waals surface area contributed by atoms with Gasteiger partial charge in [0.1, 0.15) is 5.75 Å². The molecule has 1 amide bonds. The summed E-state index contributed by atoms with van der Waals surface area (Å²) in [6.45, 7) is 2.70. The fraction of sp³-hybridized carbons (Fsp3) is 0.171. The Balaban J connectivity index is 1.17. The van der Waals surface area contributed by atoms with Crippen LogP contribution in [0.25, 0.3) is 21.8 Å². The maximum Gasteiger partial charge on any atom is 0.252 e. The average molecular weight is 556 g/mol. The van der Waals surface area contributed by atoms with Gasteiger partial charge in [-0.3, -0.25) is 4.79 Å². The number of amides is 1. The first-order valence-corrected chi connectivity index (χ1v) is 14.4. The summed E-state index contributed by atoms with van der Waals surface area (Å²) in [5.74, 6) is 0.0248. The number of nitrogens with zero attached hydrogens (tertiary/aromatic N) is 1. The molecule has 0 fully saturated rings. The minimum Gasteiger partial charge on any atom is -0.508 e. The molecule has 0 aliphatic carbocycles. The van der Waals surface area contributed by atoms with E-state index in [2.05, 4.69) is 81.0 Å². The molecule has 1 aliphatic heterocycles. The van der Waals surface area contributed by atoms with Crippen molar-refractivity contribution in [3.63, 3.8) is 0 Å². The van der Waals surface area contributed by atoms with Crippen LogP contribution >= 0.6 is 0 Å². The van der Waals surface area contributed by atoms with Crippen molar-refractivity contribution in [1.82, 2.24) is 20.2 Å². The maximum atomic E-state index is 12.8. The van der Waals surface area contributed by atoms with Crippen molar-refractivity contribution in [2.45, 2.75) is 32.1 Å². The fourth-order valence-corrected chi connectivity index (χ4v) is 6.32. The highest BCUT2D eigenvalue weighted by atomic mass is 16.3. The van der Waals surface area contributed by atoms with Crippen molar-refractivity contribution in [2.24, 2.45) is 5.73 Å². The largest absolute Gasteiger partial charge is 0.508 e. The van der Waals surface area contributed by atoms with Gasteiger partial charge in [0, 0.05) is 64.5 Å². The van der Waals surface area contributed by atoms with Crippen molar-refractivity contribution in [3.05, 3.63) is 136 Å². The van der Waals surface area contributed by atoms with E-state index in [1.807, 2.05) is 18.2 Å². The van der Waals surface area contributed by atoms with E-state index in [1.165, 1.54) is 27.6 Å². The number of aromatic amines is 1. The zero-order valence-electron chi connectivity index (χ0n) is 23.2. The minimum absolute atomic E-state index is 0.125. The van der Waals surface area contributed by atoms with Crippen molar-refractivity contribution in [2.75, 3.05) is 6.54 Å². The first-order valence-electron chi connectivity index (χ1n) is 14.4. The maximum absolute atomic E-state index is 12.8. The fourth-order valence-electron chi connectivity index (χ4n) is 6.32. The summed E-state index contributed by atoms with van der Waals surface area (Å²) in [6, 6.07) is 29.9. The number of rotatable bonds is 9. The second-order valence-electron chi connectivity index (χ2n) is 11.0. The number of nitrogens with two attached hydrogens (primary N) is 1. The van der Waals surface area contributed by atoms with Crippen LogP contribution in [0.1, 0.15) is 49.9 Å². The van der Waals surface area contributed by atoms with Crippen molar-refractivity contribution < 1.29 is 9.90 Å². The standard InChI is InChI=1S/C35H33N5O2/c36-15-14-24-21-40(20-22-6-2-1-3-7-22)32-16-23(10-12-26(24)32)18-37-19-31-33(28-8-4-5-9-30(28)38-31)34-29-17-25(41)11-13-27(29)35(42)39-34/h1-13,16-17,21,34,37-38,41H,14-15,18-20,36H2,(H,39,42). The lowest BCUT2D eigenvalue weighted by atomic mass is 9.95. The summed E-state index contributed by atoms with van der Waals surface area (Å²) < 4.78 is 2.32. The molecule has 210 valence electrons. The van der Waals surface area contributed by atoms with Gasteiger partial charge in [-0.05, 0) is 65.6 Å². The third kappa shape index (κ3) is 4.72. The number of H-pyrrole nitrogens is 1. The van der Waals surface area contributed by atoms with Crippen LogP contribution in [-0.4, -0.2) is 27.1 Å². The highest BCUT2D eigenvalue weighted by Crippen LogP contribution is 2.38. The monoisotopic (exact) mass is 555 g/mol. The molecular weight excluding hydrogens is 522 g/mol. The average Bonchev–Trinajstić information content (AvgIpc) is 3.64. The molecule has 42 heavy (non-hydrogen) atoms. The van der Waals surface area contributed by atoms with Crippen LogP contribution in [0, 0.1) is 0 Å². The molecule has 0 saturated carbocycles. The molecule has 2 aromatic heterocycles. The molecule has 1 aliphatic rings. The van der Waals surface area contributed by atoms with Crippen LogP contribution in [0.3, 0.4) is 0 Å². The molecule has 7 rings (SSSR count). The molecule has 6 N–H and O–H groups in total. The number of aromatic nitrogens is 2. The minimum atomic E-state index is -0.342. The molecule has 4 aromatic carbocycles. The summed E-state index contributed by atoms with van der Waals surface area (Å²) in [5.41, 5.74) is 15.3. The van der Waals surface area contributed by atoms with Gasteiger partial charge in [-0.1, -0.05) is 60.7 Å². The summed E-state index contributed by atoms with van der Waals surface area (Å²) in [6.07, 6.45) is 3.08. The van der Waals surface area contributed by atoms with Gasteiger partial charge in [0.2, 0.25) is 0 Å². The van der Waals surface area contributed by atoms with E-state index in [0.29, 0.717) is 25.2 Å². The number of hydrogen-bond acceptors (Lipinski definition) is 4. The summed E-state index contributed by atoms with van der Waals surface area (Å²) >= 11 is 0. The molecule has 0 spiro atoms. The summed E-state index contributed by atoms with van der Waals surface area (Å²) in [4.78, 5) is 16.4. The zero-order chi connectivity index (χ0) is 28.6. The van der Waals surface area contributed by atoms with Gasteiger partial charge >= 0.3 is 0 Å². The van der Waals surface area contributed by atoms with Crippen molar-refractivity contribution in [1.29, 1.82) is 0 Å². The molecular formula is C35H33N5O2.